The SMILES string of the molecule is CCCCCCCCCCC(Oc1ccc2sc3c(c2c1)CCCC3)C(=O)OCC. The Hall–Kier alpha value is -1.55. The van der Waals surface area contributed by atoms with Crippen LogP contribution in [-0.4, -0.2) is 18.7 Å². The van der Waals surface area contributed by atoms with E-state index in [4.69, 9.17) is 9.47 Å². The highest BCUT2D eigenvalue weighted by atomic mass is 32.1. The van der Waals surface area contributed by atoms with Gasteiger partial charge in [0.05, 0.1) is 6.61 Å². The van der Waals surface area contributed by atoms with Crippen molar-refractivity contribution in [3.05, 3.63) is 28.6 Å². The van der Waals surface area contributed by atoms with Crippen LogP contribution in [0.5, 0.6) is 5.75 Å². The summed E-state index contributed by atoms with van der Waals surface area (Å²) in [6.07, 6.45) is 15.2. The Labute approximate surface area is 186 Å². The van der Waals surface area contributed by atoms with E-state index in [2.05, 4.69) is 19.1 Å². The Morgan fingerprint density at radius 1 is 1.00 bits per heavy atom. The van der Waals surface area contributed by atoms with Gasteiger partial charge in [-0.05, 0) is 74.6 Å². The lowest BCUT2D eigenvalue weighted by Crippen LogP contribution is -2.29. The molecule has 166 valence electrons. The molecule has 1 aromatic carbocycles. The van der Waals surface area contributed by atoms with Gasteiger partial charge in [-0.1, -0.05) is 51.9 Å². The fourth-order valence-corrected chi connectivity index (χ4v) is 5.68. The fourth-order valence-electron chi connectivity index (χ4n) is 4.40. The minimum Gasteiger partial charge on any atom is -0.479 e. The maximum Gasteiger partial charge on any atom is 0.347 e. The summed E-state index contributed by atoms with van der Waals surface area (Å²) < 4.78 is 12.8. The summed E-state index contributed by atoms with van der Waals surface area (Å²) in [6, 6.07) is 6.33. The second-order valence-corrected chi connectivity index (χ2v) is 9.63. The van der Waals surface area contributed by atoms with E-state index < -0.39 is 6.10 Å². The van der Waals surface area contributed by atoms with Crippen molar-refractivity contribution in [2.45, 2.75) is 103 Å². The molecule has 2 aromatic rings. The van der Waals surface area contributed by atoms with Gasteiger partial charge in [0.15, 0.2) is 6.10 Å². The third-order valence-corrected chi connectivity index (χ3v) is 7.35. The van der Waals surface area contributed by atoms with Gasteiger partial charge < -0.3 is 9.47 Å². The third kappa shape index (κ3) is 6.47. The first-order valence-corrected chi connectivity index (χ1v) is 12.9. The summed E-state index contributed by atoms with van der Waals surface area (Å²) in [5.41, 5.74) is 1.50. The molecule has 0 fully saturated rings. The Morgan fingerprint density at radius 2 is 1.73 bits per heavy atom. The van der Waals surface area contributed by atoms with Crippen molar-refractivity contribution in [1.29, 1.82) is 0 Å². The molecule has 0 bridgehead atoms. The van der Waals surface area contributed by atoms with Gasteiger partial charge in [0, 0.05) is 9.58 Å². The summed E-state index contributed by atoms with van der Waals surface area (Å²) in [5.74, 6) is 0.569. The molecule has 1 atom stereocenters. The van der Waals surface area contributed by atoms with Crippen molar-refractivity contribution in [2.24, 2.45) is 0 Å². The van der Waals surface area contributed by atoms with Crippen LogP contribution >= 0.6 is 11.3 Å². The highest BCUT2D eigenvalue weighted by molar-refractivity contribution is 7.19. The standard InChI is InChI=1S/C26H38O3S/c1-3-5-6-7-8-9-10-11-15-23(26(27)28-4-2)29-20-17-18-25-22(19-20)21-14-12-13-16-24(21)30-25/h17-19,23H,3-16H2,1-2H3. The van der Waals surface area contributed by atoms with Crippen molar-refractivity contribution in [3.8, 4) is 5.75 Å². The zero-order valence-electron chi connectivity index (χ0n) is 18.8. The number of benzene rings is 1. The molecule has 1 unspecified atom stereocenters. The van der Waals surface area contributed by atoms with Gasteiger partial charge in [-0.3, -0.25) is 0 Å². The average molecular weight is 431 g/mol. The molecule has 3 nitrogen and oxygen atoms in total. The Balaban J connectivity index is 1.57. The second-order valence-electron chi connectivity index (χ2n) is 8.49. The third-order valence-electron chi connectivity index (χ3n) is 6.07. The molecule has 1 aliphatic carbocycles. The minimum atomic E-state index is -0.503. The van der Waals surface area contributed by atoms with Crippen molar-refractivity contribution in [2.75, 3.05) is 6.61 Å². The number of thiophene rings is 1. The maximum atomic E-state index is 12.5. The lowest BCUT2D eigenvalue weighted by atomic mass is 9.96. The molecule has 3 rings (SSSR count). The van der Waals surface area contributed by atoms with Gasteiger partial charge in [0.2, 0.25) is 0 Å². The highest BCUT2D eigenvalue weighted by Gasteiger charge is 2.22. The predicted molar refractivity (Wildman–Crippen MR) is 127 cm³/mol. The first-order valence-electron chi connectivity index (χ1n) is 12.1. The smallest absolute Gasteiger partial charge is 0.347 e. The zero-order chi connectivity index (χ0) is 21.2. The topological polar surface area (TPSA) is 35.5 Å². The van der Waals surface area contributed by atoms with Gasteiger partial charge in [0.25, 0.3) is 0 Å². The van der Waals surface area contributed by atoms with E-state index in [9.17, 15) is 4.79 Å². The van der Waals surface area contributed by atoms with E-state index in [-0.39, 0.29) is 5.97 Å². The lowest BCUT2D eigenvalue weighted by Gasteiger charge is -2.18. The molecule has 0 N–H and O–H groups in total. The molecule has 1 heterocycles. The van der Waals surface area contributed by atoms with Crippen molar-refractivity contribution >= 4 is 27.4 Å². The number of unbranched alkanes of at least 4 members (excludes halogenated alkanes) is 7. The monoisotopic (exact) mass is 430 g/mol. The van der Waals surface area contributed by atoms with Crippen LogP contribution in [0.25, 0.3) is 10.1 Å². The number of hydrogen-bond donors (Lipinski definition) is 0. The largest absolute Gasteiger partial charge is 0.479 e. The lowest BCUT2D eigenvalue weighted by molar-refractivity contribution is -0.151. The highest BCUT2D eigenvalue weighted by Crippen LogP contribution is 2.38. The van der Waals surface area contributed by atoms with Gasteiger partial charge >= 0.3 is 5.97 Å². The summed E-state index contributed by atoms with van der Waals surface area (Å²) in [6.45, 7) is 4.50. The van der Waals surface area contributed by atoms with Crippen LogP contribution in [0.4, 0.5) is 0 Å². The van der Waals surface area contributed by atoms with Crippen molar-refractivity contribution < 1.29 is 14.3 Å². The van der Waals surface area contributed by atoms with E-state index >= 15 is 0 Å². The molecule has 0 saturated carbocycles. The summed E-state index contributed by atoms with van der Waals surface area (Å²) >= 11 is 1.92. The van der Waals surface area contributed by atoms with Gasteiger partial charge in [-0.15, -0.1) is 11.3 Å². The molecular weight excluding hydrogens is 392 g/mol. The number of fused-ring (bicyclic) bond motifs is 3. The minimum absolute atomic E-state index is 0.229. The van der Waals surface area contributed by atoms with E-state index in [1.165, 1.54) is 84.7 Å². The number of aryl methyl sites for hydroxylation is 2. The van der Waals surface area contributed by atoms with Crippen LogP contribution < -0.4 is 4.74 Å². The number of ether oxygens (including phenoxy) is 2. The Morgan fingerprint density at radius 3 is 2.50 bits per heavy atom. The first-order chi connectivity index (χ1) is 14.7. The van der Waals surface area contributed by atoms with E-state index in [0.29, 0.717) is 6.61 Å². The van der Waals surface area contributed by atoms with Gasteiger partial charge in [-0.25, -0.2) is 4.79 Å². The van der Waals surface area contributed by atoms with Crippen LogP contribution in [0.1, 0.15) is 94.9 Å². The van der Waals surface area contributed by atoms with Gasteiger partial charge in [0.1, 0.15) is 5.75 Å². The van der Waals surface area contributed by atoms with Crippen LogP contribution in [0.3, 0.4) is 0 Å². The van der Waals surface area contributed by atoms with Crippen molar-refractivity contribution in [3.63, 3.8) is 0 Å². The zero-order valence-corrected chi connectivity index (χ0v) is 19.7. The first kappa shape index (κ1) is 23.1. The summed E-state index contributed by atoms with van der Waals surface area (Å²) in [5, 5.41) is 1.32. The van der Waals surface area contributed by atoms with Crippen molar-refractivity contribution in [1.82, 2.24) is 0 Å². The molecular formula is C26H38O3S. The number of carbonyl (C=O) groups excluding carboxylic acids is 1. The quantitative estimate of drug-likeness (QED) is 0.242. The second kappa shape index (κ2) is 12.3. The normalized spacial score (nSPS) is 14.5. The average Bonchev–Trinajstić information content (AvgIpc) is 3.13. The molecule has 0 aliphatic heterocycles. The molecule has 0 radical (unpaired) electrons. The summed E-state index contributed by atoms with van der Waals surface area (Å²) in [7, 11) is 0. The van der Waals surface area contributed by atoms with Crippen LogP contribution in [0.15, 0.2) is 18.2 Å². The molecule has 0 spiro atoms. The van der Waals surface area contributed by atoms with Crippen LogP contribution in [0.2, 0.25) is 0 Å². The van der Waals surface area contributed by atoms with E-state index in [1.807, 2.05) is 24.3 Å². The number of rotatable bonds is 13. The molecule has 1 aromatic heterocycles. The predicted octanol–water partition coefficient (Wildman–Crippen LogP) is 7.62. The molecule has 0 saturated heterocycles. The number of carbonyl (C=O) groups is 1. The fraction of sp³-hybridized carbons (Fsp3) is 0.654. The van der Waals surface area contributed by atoms with E-state index in [1.54, 1.807) is 0 Å². The Kier molecular flexibility index (Phi) is 9.51. The molecule has 4 heteroatoms. The van der Waals surface area contributed by atoms with Crippen LogP contribution in [-0.2, 0) is 22.4 Å². The summed E-state index contributed by atoms with van der Waals surface area (Å²) in [4.78, 5) is 14.0. The molecule has 30 heavy (non-hydrogen) atoms. The molecule has 1 aliphatic rings. The number of hydrogen-bond acceptors (Lipinski definition) is 4. The maximum absolute atomic E-state index is 12.5. The number of esters is 1. The van der Waals surface area contributed by atoms with Crippen LogP contribution in [0, 0.1) is 0 Å². The van der Waals surface area contributed by atoms with Gasteiger partial charge in [-0.2, -0.15) is 0 Å². The van der Waals surface area contributed by atoms with E-state index in [0.717, 1.165) is 25.0 Å². The molecule has 0 amide bonds. The Bertz CT molecular complexity index is 795.